The van der Waals surface area contributed by atoms with Gasteiger partial charge in [0.2, 0.25) is 5.91 Å². The molecule has 1 aliphatic heterocycles. The van der Waals surface area contributed by atoms with E-state index in [-0.39, 0.29) is 18.0 Å². The van der Waals surface area contributed by atoms with Gasteiger partial charge in [0, 0.05) is 30.6 Å². The summed E-state index contributed by atoms with van der Waals surface area (Å²) >= 11 is 1.85. The molecule has 0 aromatic rings. The Hall–Kier alpha value is -0.260. The SMILES string of the molecule is CCN(CC)CC(C)NC(=O)C1CSCCN1. The first-order valence-electron chi connectivity index (χ1n) is 6.51. The maximum atomic E-state index is 12.0. The number of carbonyl (C=O) groups is 1. The number of thioether (sulfide) groups is 1. The monoisotopic (exact) mass is 259 g/mol. The molecule has 0 spiro atoms. The molecule has 0 aromatic heterocycles. The van der Waals surface area contributed by atoms with E-state index in [1.165, 1.54) is 0 Å². The minimum Gasteiger partial charge on any atom is -0.351 e. The molecule has 17 heavy (non-hydrogen) atoms. The molecule has 1 rings (SSSR count). The summed E-state index contributed by atoms with van der Waals surface area (Å²) in [6.07, 6.45) is 0. The molecule has 4 nitrogen and oxygen atoms in total. The van der Waals surface area contributed by atoms with Crippen molar-refractivity contribution in [3.63, 3.8) is 0 Å². The van der Waals surface area contributed by atoms with E-state index < -0.39 is 0 Å². The van der Waals surface area contributed by atoms with Crippen LogP contribution < -0.4 is 10.6 Å². The summed E-state index contributed by atoms with van der Waals surface area (Å²) in [7, 11) is 0. The van der Waals surface area contributed by atoms with E-state index in [4.69, 9.17) is 0 Å². The largest absolute Gasteiger partial charge is 0.351 e. The maximum absolute atomic E-state index is 12.0. The van der Waals surface area contributed by atoms with E-state index in [1.54, 1.807) is 0 Å². The highest BCUT2D eigenvalue weighted by Crippen LogP contribution is 2.07. The fourth-order valence-electron chi connectivity index (χ4n) is 1.99. The van der Waals surface area contributed by atoms with E-state index in [1.807, 2.05) is 11.8 Å². The van der Waals surface area contributed by atoms with Gasteiger partial charge >= 0.3 is 0 Å². The lowest BCUT2D eigenvalue weighted by molar-refractivity contribution is -0.123. The smallest absolute Gasteiger partial charge is 0.238 e. The molecule has 0 saturated carbocycles. The zero-order valence-corrected chi connectivity index (χ0v) is 12.0. The lowest BCUT2D eigenvalue weighted by Gasteiger charge is -2.27. The van der Waals surface area contributed by atoms with Crippen LogP contribution in [0.1, 0.15) is 20.8 Å². The molecule has 0 aliphatic carbocycles. The van der Waals surface area contributed by atoms with Crippen LogP contribution in [-0.2, 0) is 4.79 Å². The highest BCUT2D eigenvalue weighted by Gasteiger charge is 2.22. The Morgan fingerprint density at radius 2 is 2.24 bits per heavy atom. The molecule has 1 fully saturated rings. The second-order valence-corrected chi connectivity index (χ2v) is 5.63. The van der Waals surface area contributed by atoms with Gasteiger partial charge in [-0.15, -0.1) is 0 Å². The summed E-state index contributed by atoms with van der Waals surface area (Å²) in [5.41, 5.74) is 0. The van der Waals surface area contributed by atoms with E-state index in [0.717, 1.165) is 37.7 Å². The van der Waals surface area contributed by atoms with E-state index in [0.29, 0.717) is 0 Å². The summed E-state index contributed by atoms with van der Waals surface area (Å²) in [5.74, 6) is 2.15. The Labute approximate surface area is 109 Å². The van der Waals surface area contributed by atoms with E-state index in [2.05, 4.69) is 36.3 Å². The number of amides is 1. The minimum atomic E-state index is -0.00657. The van der Waals surface area contributed by atoms with Crippen molar-refractivity contribution in [2.45, 2.75) is 32.9 Å². The number of carbonyl (C=O) groups excluding carboxylic acids is 1. The third-order valence-corrected chi connectivity index (χ3v) is 4.12. The summed E-state index contributed by atoms with van der Waals surface area (Å²) in [4.78, 5) is 14.3. The van der Waals surface area contributed by atoms with E-state index >= 15 is 0 Å². The van der Waals surface area contributed by atoms with Crippen LogP contribution in [0, 0.1) is 0 Å². The highest BCUT2D eigenvalue weighted by atomic mass is 32.2. The molecule has 0 bridgehead atoms. The molecule has 100 valence electrons. The Bertz CT molecular complexity index is 228. The lowest BCUT2D eigenvalue weighted by atomic mass is 10.2. The van der Waals surface area contributed by atoms with Crippen molar-refractivity contribution in [1.29, 1.82) is 0 Å². The molecule has 2 N–H and O–H groups in total. The number of hydrogen-bond acceptors (Lipinski definition) is 4. The Kier molecular flexibility index (Phi) is 6.92. The molecule has 2 atom stereocenters. The van der Waals surface area contributed by atoms with Crippen LogP contribution >= 0.6 is 11.8 Å². The van der Waals surface area contributed by atoms with Gasteiger partial charge in [0.25, 0.3) is 0 Å². The summed E-state index contributed by atoms with van der Waals surface area (Å²) in [5, 5.41) is 6.35. The number of nitrogens with zero attached hydrogens (tertiary/aromatic N) is 1. The van der Waals surface area contributed by atoms with Crippen molar-refractivity contribution in [3.05, 3.63) is 0 Å². The summed E-state index contributed by atoms with van der Waals surface area (Å²) in [6, 6.07) is 0.212. The molecule has 1 saturated heterocycles. The highest BCUT2D eigenvalue weighted by molar-refractivity contribution is 7.99. The van der Waals surface area contributed by atoms with Gasteiger partial charge in [-0.25, -0.2) is 0 Å². The van der Waals surface area contributed by atoms with Crippen molar-refractivity contribution >= 4 is 17.7 Å². The van der Waals surface area contributed by atoms with Gasteiger partial charge in [-0.05, 0) is 20.0 Å². The van der Waals surface area contributed by atoms with Crippen LogP contribution in [0.4, 0.5) is 0 Å². The van der Waals surface area contributed by atoms with E-state index in [9.17, 15) is 4.79 Å². The van der Waals surface area contributed by atoms with Crippen molar-refractivity contribution in [3.8, 4) is 0 Å². The summed E-state index contributed by atoms with van der Waals surface area (Å²) < 4.78 is 0. The van der Waals surface area contributed by atoms with Crippen molar-refractivity contribution in [1.82, 2.24) is 15.5 Å². The molecule has 0 radical (unpaired) electrons. The molecule has 5 heteroatoms. The Morgan fingerprint density at radius 3 is 2.76 bits per heavy atom. The van der Waals surface area contributed by atoms with Crippen molar-refractivity contribution in [2.24, 2.45) is 0 Å². The van der Waals surface area contributed by atoms with Crippen LogP contribution in [-0.4, -0.2) is 60.6 Å². The summed E-state index contributed by atoms with van der Waals surface area (Å²) in [6.45, 7) is 10.3. The third kappa shape index (κ3) is 5.27. The standard InChI is InChI=1S/C12H25N3OS/c1-4-15(5-2)8-10(3)14-12(16)11-9-17-7-6-13-11/h10-11,13H,4-9H2,1-3H3,(H,14,16). The van der Waals surface area contributed by atoms with Gasteiger partial charge < -0.3 is 15.5 Å². The molecule has 0 aromatic carbocycles. The van der Waals surface area contributed by atoms with Gasteiger partial charge in [0.05, 0.1) is 6.04 Å². The average molecular weight is 259 g/mol. The second-order valence-electron chi connectivity index (χ2n) is 4.48. The first kappa shape index (κ1) is 14.8. The molecular weight excluding hydrogens is 234 g/mol. The quantitative estimate of drug-likeness (QED) is 0.731. The van der Waals surface area contributed by atoms with Crippen LogP contribution in [0.3, 0.4) is 0 Å². The zero-order valence-electron chi connectivity index (χ0n) is 11.2. The average Bonchev–Trinajstić information content (AvgIpc) is 2.37. The van der Waals surface area contributed by atoms with Crippen LogP contribution in [0.25, 0.3) is 0 Å². The fraction of sp³-hybridized carbons (Fsp3) is 0.917. The molecule has 1 amide bonds. The topological polar surface area (TPSA) is 44.4 Å². The predicted octanol–water partition coefficient (Wildman–Crippen LogP) is 0.538. The number of nitrogens with one attached hydrogen (secondary N) is 2. The number of rotatable bonds is 6. The minimum absolute atomic E-state index is 0.00657. The molecular formula is C12H25N3OS. The molecule has 2 unspecified atom stereocenters. The first-order valence-corrected chi connectivity index (χ1v) is 7.66. The van der Waals surface area contributed by atoms with Gasteiger partial charge in [-0.3, -0.25) is 4.79 Å². The normalized spacial score (nSPS) is 22.5. The van der Waals surface area contributed by atoms with Crippen LogP contribution in [0.2, 0.25) is 0 Å². The van der Waals surface area contributed by atoms with Gasteiger partial charge in [-0.1, -0.05) is 13.8 Å². The number of likely N-dealkylation sites (N-methyl/N-ethyl adjacent to an activating group) is 1. The van der Waals surface area contributed by atoms with Crippen molar-refractivity contribution in [2.75, 3.05) is 37.7 Å². The van der Waals surface area contributed by atoms with Gasteiger partial charge in [0.1, 0.15) is 0 Å². The van der Waals surface area contributed by atoms with Crippen LogP contribution in [0.15, 0.2) is 0 Å². The number of hydrogen-bond donors (Lipinski definition) is 2. The Morgan fingerprint density at radius 1 is 1.53 bits per heavy atom. The molecule has 1 heterocycles. The maximum Gasteiger partial charge on any atom is 0.238 e. The van der Waals surface area contributed by atoms with Crippen LogP contribution in [0.5, 0.6) is 0 Å². The van der Waals surface area contributed by atoms with Gasteiger partial charge in [0.15, 0.2) is 0 Å². The predicted molar refractivity (Wildman–Crippen MR) is 74.5 cm³/mol. The first-order chi connectivity index (χ1) is 8.17. The fourth-order valence-corrected chi connectivity index (χ4v) is 2.93. The van der Waals surface area contributed by atoms with Gasteiger partial charge in [-0.2, -0.15) is 11.8 Å². The lowest BCUT2D eigenvalue weighted by Crippen LogP contribution is -2.52. The zero-order chi connectivity index (χ0) is 12.7. The molecule has 1 aliphatic rings. The third-order valence-electron chi connectivity index (χ3n) is 3.05. The second kappa shape index (κ2) is 7.95. The van der Waals surface area contributed by atoms with Crippen molar-refractivity contribution < 1.29 is 4.79 Å². The Balaban J connectivity index is 2.29.